The van der Waals surface area contributed by atoms with Gasteiger partial charge in [0.2, 0.25) is 0 Å². The first-order valence-electron chi connectivity index (χ1n) is 10.9. The summed E-state index contributed by atoms with van der Waals surface area (Å²) in [6.45, 7) is 1.53. The fourth-order valence-electron chi connectivity index (χ4n) is 4.39. The number of hydrazone groups is 1. The molecule has 3 aromatic carbocycles. The van der Waals surface area contributed by atoms with Crippen molar-refractivity contribution in [2.24, 2.45) is 5.10 Å². The van der Waals surface area contributed by atoms with Gasteiger partial charge in [-0.1, -0.05) is 30.3 Å². The van der Waals surface area contributed by atoms with Gasteiger partial charge in [0.15, 0.2) is 0 Å². The van der Waals surface area contributed by atoms with Gasteiger partial charge in [-0.2, -0.15) is 18.3 Å². The van der Waals surface area contributed by atoms with E-state index in [1.54, 1.807) is 22.0 Å². The molecule has 1 aliphatic rings. The summed E-state index contributed by atoms with van der Waals surface area (Å²) in [5.74, 6) is -1.52. The van der Waals surface area contributed by atoms with Crippen molar-refractivity contribution in [2.45, 2.75) is 31.1 Å². The Hall–Kier alpha value is -3.79. The first-order valence-corrected chi connectivity index (χ1v) is 11.7. The number of hydrogen-bond acceptors (Lipinski definition) is 4. The number of aromatic nitrogens is 1. The van der Waals surface area contributed by atoms with Crippen molar-refractivity contribution < 1.29 is 27.5 Å². The second-order valence-electron chi connectivity index (χ2n) is 8.35. The van der Waals surface area contributed by atoms with Crippen molar-refractivity contribution in [2.75, 3.05) is 0 Å². The summed E-state index contributed by atoms with van der Waals surface area (Å²) >= 11 is 1.29. The topological polar surface area (TPSA) is 57.8 Å². The maximum absolute atomic E-state index is 14.3. The van der Waals surface area contributed by atoms with Crippen LogP contribution in [0.4, 0.5) is 17.6 Å². The molecule has 36 heavy (non-hydrogen) atoms. The van der Waals surface area contributed by atoms with Gasteiger partial charge in [-0.15, -0.1) is 0 Å². The van der Waals surface area contributed by atoms with Gasteiger partial charge < -0.3 is 9.67 Å². The molecule has 0 unspecified atom stereocenters. The minimum absolute atomic E-state index is 0.0909. The van der Waals surface area contributed by atoms with Crippen LogP contribution in [-0.2, 0) is 24.1 Å². The highest BCUT2D eigenvalue weighted by Gasteiger charge is 2.31. The summed E-state index contributed by atoms with van der Waals surface area (Å²) in [6.07, 6.45) is -4.46. The fourth-order valence-corrected chi connectivity index (χ4v) is 5.35. The number of alkyl halides is 3. The first kappa shape index (κ1) is 23.9. The van der Waals surface area contributed by atoms with Gasteiger partial charge in [-0.25, -0.2) is 8.80 Å². The van der Waals surface area contributed by atoms with Crippen molar-refractivity contribution in [1.82, 2.24) is 8.98 Å². The van der Waals surface area contributed by atoms with Crippen LogP contribution < -0.4 is 0 Å². The highest BCUT2D eigenvalue weighted by molar-refractivity contribution is 7.97. The van der Waals surface area contributed by atoms with Crippen molar-refractivity contribution in [3.63, 3.8) is 0 Å². The molecule has 1 N–H and O–H groups in total. The molecule has 10 heteroatoms. The predicted octanol–water partition coefficient (Wildman–Crippen LogP) is 6.47. The van der Waals surface area contributed by atoms with Gasteiger partial charge >= 0.3 is 12.1 Å². The smallest absolute Gasteiger partial charge is 0.416 e. The summed E-state index contributed by atoms with van der Waals surface area (Å²) in [6, 6.07) is 16.7. The number of carboxylic acids is 1. The third-order valence-electron chi connectivity index (χ3n) is 5.95. The van der Waals surface area contributed by atoms with E-state index in [1.807, 2.05) is 24.3 Å². The summed E-state index contributed by atoms with van der Waals surface area (Å²) in [7, 11) is 0. The lowest BCUT2D eigenvalue weighted by Gasteiger charge is -2.26. The molecule has 0 aliphatic carbocycles. The van der Waals surface area contributed by atoms with Gasteiger partial charge in [0, 0.05) is 44.6 Å². The first-order chi connectivity index (χ1) is 17.1. The van der Waals surface area contributed by atoms with E-state index in [0.717, 1.165) is 22.6 Å². The second kappa shape index (κ2) is 9.02. The SMILES string of the molecule is Cc1c(C2=NN(Cc3cccc(C(F)(F)F)c3)Sc3ccccc32)c2cc(F)ccc2n1CC(=O)O. The largest absolute Gasteiger partial charge is 0.480 e. The van der Waals surface area contributed by atoms with Gasteiger partial charge in [0.1, 0.15) is 18.1 Å². The van der Waals surface area contributed by atoms with E-state index >= 15 is 0 Å². The lowest BCUT2D eigenvalue weighted by Crippen LogP contribution is -2.20. The third kappa shape index (κ3) is 4.44. The molecule has 1 aliphatic heterocycles. The van der Waals surface area contributed by atoms with Crippen LogP contribution in [-0.4, -0.2) is 25.8 Å². The zero-order valence-electron chi connectivity index (χ0n) is 18.9. The Morgan fingerprint density at radius 3 is 2.58 bits per heavy atom. The fraction of sp³-hybridized carbons (Fsp3) is 0.154. The maximum atomic E-state index is 14.3. The van der Waals surface area contributed by atoms with Gasteiger partial charge in [-0.05, 0) is 48.9 Å². The lowest BCUT2D eigenvalue weighted by molar-refractivity contribution is -0.138. The molecular formula is C26H19F4N3O2S. The molecule has 5 rings (SSSR count). The quantitative estimate of drug-likeness (QED) is 0.246. The van der Waals surface area contributed by atoms with Gasteiger partial charge in [0.05, 0.1) is 12.1 Å². The highest BCUT2D eigenvalue weighted by Crippen LogP contribution is 2.38. The molecule has 0 fully saturated rings. The molecule has 0 bridgehead atoms. The minimum atomic E-state index is -4.46. The number of hydrogen-bond donors (Lipinski definition) is 1. The minimum Gasteiger partial charge on any atom is -0.480 e. The molecule has 0 amide bonds. The Morgan fingerprint density at radius 2 is 1.83 bits per heavy atom. The van der Waals surface area contributed by atoms with Gasteiger partial charge in [0.25, 0.3) is 0 Å². The molecular weight excluding hydrogens is 494 g/mol. The number of carboxylic acid groups (broad SMARTS) is 1. The van der Waals surface area contributed by atoms with Crippen LogP contribution >= 0.6 is 11.9 Å². The summed E-state index contributed by atoms with van der Waals surface area (Å²) in [5.41, 5.74) is 2.67. The third-order valence-corrected chi connectivity index (χ3v) is 6.92. The van der Waals surface area contributed by atoms with Crippen LogP contribution in [0.25, 0.3) is 10.9 Å². The number of fused-ring (bicyclic) bond motifs is 2. The number of benzene rings is 3. The van der Waals surface area contributed by atoms with E-state index in [4.69, 9.17) is 5.10 Å². The Kier molecular flexibility index (Phi) is 5.99. The van der Waals surface area contributed by atoms with Crippen molar-refractivity contribution >= 4 is 34.5 Å². The number of carbonyl (C=O) groups is 1. The van der Waals surface area contributed by atoms with Crippen LogP contribution in [0.2, 0.25) is 0 Å². The molecule has 184 valence electrons. The van der Waals surface area contributed by atoms with Crippen LogP contribution in [0.1, 0.15) is 27.9 Å². The van der Waals surface area contributed by atoms with Crippen LogP contribution in [0.3, 0.4) is 0 Å². The summed E-state index contributed by atoms with van der Waals surface area (Å²) in [5, 5.41) is 14.7. The standard InChI is InChI=1S/C26H19F4N3O2S/c1-15-24(20-12-18(27)9-10-21(20)32(15)14-23(34)35)25-19-7-2-3-8-22(19)36-33(31-25)13-16-5-4-6-17(11-16)26(28,29)30/h2-12H,13-14H2,1H3,(H,34,35). The molecule has 0 spiro atoms. The van der Waals surface area contributed by atoms with E-state index in [9.17, 15) is 27.5 Å². The number of nitrogens with zero attached hydrogens (tertiary/aromatic N) is 3. The Labute approximate surface area is 207 Å². The van der Waals surface area contributed by atoms with E-state index in [2.05, 4.69) is 0 Å². The normalized spacial score (nSPS) is 13.6. The molecule has 5 nitrogen and oxygen atoms in total. The van der Waals surface area contributed by atoms with Crippen LogP contribution in [0.5, 0.6) is 0 Å². The monoisotopic (exact) mass is 513 g/mol. The van der Waals surface area contributed by atoms with E-state index in [1.165, 1.54) is 36.2 Å². The number of aliphatic carboxylic acids is 1. The van der Waals surface area contributed by atoms with Crippen LogP contribution in [0.15, 0.2) is 76.7 Å². The molecule has 4 aromatic rings. The average molecular weight is 514 g/mol. The molecule has 0 atom stereocenters. The Morgan fingerprint density at radius 1 is 1.06 bits per heavy atom. The summed E-state index contributed by atoms with van der Waals surface area (Å²) < 4.78 is 57.2. The Bertz CT molecular complexity index is 1530. The van der Waals surface area contributed by atoms with E-state index < -0.39 is 23.5 Å². The zero-order chi connectivity index (χ0) is 25.6. The van der Waals surface area contributed by atoms with Crippen molar-refractivity contribution in [3.8, 4) is 0 Å². The van der Waals surface area contributed by atoms with Crippen LogP contribution in [0, 0.1) is 12.7 Å². The molecule has 0 radical (unpaired) electrons. The number of halogens is 4. The average Bonchev–Trinajstić information content (AvgIpc) is 3.08. The predicted molar refractivity (Wildman–Crippen MR) is 129 cm³/mol. The Balaban J connectivity index is 1.66. The highest BCUT2D eigenvalue weighted by atomic mass is 32.2. The van der Waals surface area contributed by atoms with Gasteiger partial charge in [-0.3, -0.25) is 4.79 Å². The van der Waals surface area contributed by atoms with E-state index in [0.29, 0.717) is 33.4 Å². The lowest BCUT2D eigenvalue weighted by atomic mass is 9.99. The molecule has 0 saturated carbocycles. The zero-order valence-corrected chi connectivity index (χ0v) is 19.7. The molecule has 1 aromatic heterocycles. The summed E-state index contributed by atoms with van der Waals surface area (Å²) in [4.78, 5) is 12.4. The van der Waals surface area contributed by atoms with E-state index in [-0.39, 0.29) is 13.1 Å². The van der Waals surface area contributed by atoms with Crippen molar-refractivity contribution in [3.05, 3.63) is 100 Å². The maximum Gasteiger partial charge on any atom is 0.416 e. The molecule has 0 saturated heterocycles. The second-order valence-corrected chi connectivity index (χ2v) is 9.39. The molecule has 2 heterocycles. The van der Waals surface area contributed by atoms with Crippen molar-refractivity contribution in [1.29, 1.82) is 0 Å². The number of rotatable bonds is 5.